The molecule has 0 amide bonds. The Morgan fingerprint density at radius 3 is 2.75 bits per heavy atom. The van der Waals surface area contributed by atoms with E-state index in [-0.39, 0.29) is 5.78 Å². The third-order valence-corrected chi connectivity index (χ3v) is 2.56. The van der Waals surface area contributed by atoms with Crippen molar-refractivity contribution < 1.29 is 4.79 Å². The topological polar surface area (TPSA) is 34.9 Å². The first-order valence-corrected chi connectivity index (χ1v) is 5.39. The number of aryl methyl sites for hydroxylation is 1. The van der Waals surface area contributed by atoms with Crippen LogP contribution in [-0.4, -0.2) is 15.3 Å². The summed E-state index contributed by atoms with van der Waals surface area (Å²) in [6.45, 7) is 2.88. The summed E-state index contributed by atoms with van der Waals surface area (Å²) in [5.41, 5.74) is 0.744. The number of rotatable bonds is 4. The Morgan fingerprint density at radius 2 is 2.06 bits per heavy atom. The summed E-state index contributed by atoms with van der Waals surface area (Å²) in [5.74, 6) is 0.942. The predicted octanol–water partition coefficient (Wildman–Crippen LogP) is 2.33. The van der Waals surface area contributed by atoms with Gasteiger partial charge in [-0.15, -0.1) is 0 Å². The number of aromatic nitrogens is 2. The molecule has 1 aromatic heterocycles. The van der Waals surface area contributed by atoms with Gasteiger partial charge in [0.15, 0.2) is 5.78 Å². The Morgan fingerprint density at radius 1 is 1.31 bits per heavy atom. The van der Waals surface area contributed by atoms with E-state index in [0.717, 1.165) is 17.9 Å². The molecule has 0 aliphatic rings. The predicted molar refractivity (Wildman–Crippen MR) is 62.4 cm³/mol. The van der Waals surface area contributed by atoms with E-state index in [1.165, 1.54) is 0 Å². The Kier molecular flexibility index (Phi) is 3.15. The smallest absolute Gasteiger partial charge is 0.170 e. The molecule has 1 aromatic carbocycles. The standard InChI is InChI=1S/C13H14N2O/c1-2-15-9-8-14-13(15)10-12(16)11-6-4-3-5-7-11/h3-9H,2,10H2,1H3. The van der Waals surface area contributed by atoms with Crippen LogP contribution < -0.4 is 0 Å². The number of benzene rings is 1. The van der Waals surface area contributed by atoms with Gasteiger partial charge in [-0.3, -0.25) is 4.79 Å². The molecule has 0 saturated heterocycles. The third-order valence-electron chi connectivity index (χ3n) is 2.56. The molecule has 0 bridgehead atoms. The molecule has 0 aliphatic heterocycles. The van der Waals surface area contributed by atoms with Crippen molar-refractivity contribution in [2.24, 2.45) is 0 Å². The van der Waals surface area contributed by atoms with Crippen LogP contribution in [0.15, 0.2) is 42.7 Å². The van der Waals surface area contributed by atoms with Crippen molar-refractivity contribution in [1.29, 1.82) is 0 Å². The molecule has 0 atom stereocenters. The van der Waals surface area contributed by atoms with Crippen molar-refractivity contribution >= 4 is 5.78 Å². The molecule has 0 saturated carbocycles. The summed E-state index contributed by atoms with van der Waals surface area (Å²) in [5, 5.41) is 0. The zero-order chi connectivity index (χ0) is 11.4. The molecule has 0 fully saturated rings. The summed E-state index contributed by atoms with van der Waals surface area (Å²) >= 11 is 0. The summed E-state index contributed by atoms with van der Waals surface area (Å²) < 4.78 is 1.99. The molecule has 0 radical (unpaired) electrons. The van der Waals surface area contributed by atoms with Gasteiger partial charge in [0.05, 0.1) is 6.42 Å². The maximum absolute atomic E-state index is 11.9. The first kappa shape index (κ1) is 10.6. The van der Waals surface area contributed by atoms with E-state index in [1.54, 1.807) is 6.20 Å². The van der Waals surface area contributed by atoms with Crippen molar-refractivity contribution in [3.63, 3.8) is 0 Å². The molecule has 0 unspecified atom stereocenters. The molecule has 3 nitrogen and oxygen atoms in total. The van der Waals surface area contributed by atoms with Crippen LogP contribution in [-0.2, 0) is 13.0 Å². The van der Waals surface area contributed by atoms with Crippen LogP contribution in [0.25, 0.3) is 0 Å². The van der Waals surface area contributed by atoms with E-state index in [0.29, 0.717) is 6.42 Å². The van der Waals surface area contributed by atoms with Gasteiger partial charge < -0.3 is 4.57 Å². The van der Waals surface area contributed by atoms with E-state index in [1.807, 2.05) is 48.0 Å². The number of imidazole rings is 1. The Balaban J connectivity index is 2.14. The van der Waals surface area contributed by atoms with Gasteiger partial charge in [-0.25, -0.2) is 4.98 Å². The van der Waals surface area contributed by atoms with E-state index in [9.17, 15) is 4.79 Å². The number of nitrogens with zero attached hydrogens (tertiary/aromatic N) is 2. The average molecular weight is 214 g/mol. The molecule has 3 heteroatoms. The van der Waals surface area contributed by atoms with Crippen molar-refractivity contribution in [3.8, 4) is 0 Å². The molecular formula is C13H14N2O. The number of carbonyl (C=O) groups excluding carboxylic acids is 1. The maximum atomic E-state index is 11.9. The molecule has 0 aliphatic carbocycles. The van der Waals surface area contributed by atoms with Crippen molar-refractivity contribution in [1.82, 2.24) is 9.55 Å². The van der Waals surface area contributed by atoms with E-state index in [2.05, 4.69) is 4.98 Å². The molecule has 16 heavy (non-hydrogen) atoms. The second-order valence-electron chi connectivity index (χ2n) is 3.60. The van der Waals surface area contributed by atoms with E-state index < -0.39 is 0 Å². The highest BCUT2D eigenvalue weighted by molar-refractivity contribution is 5.97. The SMILES string of the molecule is CCn1ccnc1CC(=O)c1ccccc1. The normalized spacial score (nSPS) is 10.3. The second-order valence-corrected chi connectivity index (χ2v) is 3.60. The quantitative estimate of drug-likeness (QED) is 0.732. The molecule has 0 N–H and O–H groups in total. The van der Waals surface area contributed by atoms with Gasteiger partial charge in [-0.05, 0) is 6.92 Å². The second kappa shape index (κ2) is 4.75. The largest absolute Gasteiger partial charge is 0.335 e. The fraction of sp³-hybridized carbons (Fsp3) is 0.231. The molecular weight excluding hydrogens is 200 g/mol. The summed E-state index contributed by atoms with van der Waals surface area (Å²) in [7, 11) is 0. The fourth-order valence-electron chi connectivity index (χ4n) is 1.66. The van der Waals surface area contributed by atoms with Gasteiger partial charge in [0.2, 0.25) is 0 Å². The Hall–Kier alpha value is -1.90. The van der Waals surface area contributed by atoms with Crippen LogP contribution in [0.4, 0.5) is 0 Å². The van der Waals surface area contributed by atoms with Gasteiger partial charge in [0, 0.05) is 24.5 Å². The van der Waals surface area contributed by atoms with E-state index >= 15 is 0 Å². The average Bonchev–Trinajstić information content (AvgIpc) is 2.77. The molecule has 0 spiro atoms. The van der Waals surface area contributed by atoms with Crippen molar-refractivity contribution in [2.45, 2.75) is 19.9 Å². The van der Waals surface area contributed by atoms with Gasteiger partial charge in [0.25, 0.3) is 0 Å². The zero-order valence-electron chi connectivity index (χ0n) is 9.26. The van der Waals surface area contributed by atoms with Gasteiger partial charge in [0.1, 0.15) is 5.82 Å². The summed E-state index contributed by atoms with van der Waals surface area (Å²) in [6, 6.07) is 9.33. The first-order chi connectivity index (χ1) is 7.81. The minimum atomic E-state index is 0.113. The van der Waals surface area contributed by atoms with Gasteiger partial charge in [-0.1, -0.05) is 30.3 Å². The molecule has 2 aromatic rings. The van der Waals surface area contributed by atoms with Crippen LogP contribution in [0.3, 0.4) is 0 Å². The van der Waals surface area contributed by atoms with Crippen LogP contribution in [0.1, 0.15) is 23.1 Å². The summed E-state index contributed by atoms with van der Waals surface area (Å²) in [4.78, 5) is 16.1. The van der Waals surface area contributed by atoms with E-state index in [4.69, 9.17) is 0 Å². The first-order valence-electron chi connectivity index (χ1n) is 5.39. The number of hydrogen-bond donors (Lipinski definition) is 0. The molecule has 1 heterocycles. The number of hydrogen-bond acceptors (Lipinski definition) is 2. The minimum Gasteiger partial charge on any atom is -0.335 e. The van der Waals surface area contributed by atoms with Crippen LogP contribution >= 0.6 is 0 Å². The summed E-state index contributed by atoms with van der Waals surface area (Å²) in [6.07, 6.45) is 4.00. The highest BCUT2D eigenvalue weighted by Gasteiger charge is 2.09. The lowest BCUT2D eigenvalue weighted by Gasteiger charge is -2.03. The Labute approximate surface area is 94.7 Å². The molecule has 82 valence electrons. The lowest BCUT2D eigenvalue weighted by molar-refractivity contribution is 0.0990. The van der Waals surface area contributed by atoms with Crippen LogP contribution in [0.5, 0.6) is 0 Å². The van der Waals surface area contributed by atoms with Crippen molar-refractivity contribution in [2.75, 3.05) is 0 Å². The van der Waals surface area contributed by atoms with Crippen LogP contribution in [0.2, 0.25) is 0 Å². The van der Waals surface area contributed by atoms with Crippen molar-refractivity contribution in [3.05, 3.63) is 54.1 Å². The lowest BCUT2D eigenvalue weighted by atomic mass is 10.1. The number of Topliss-reactive ketones (excluding diaryl/α,β-unsaturated/α-hetero) is 1. The maximum Gasteiger partial charge on any atom is 0.170 e. The Bertz CT molecular complexity index is 474. The van der Waals surface area contributed by atoms with Gasteiger partial charge >= 0.3 is 0 Å². The van der Waals surface area contributed by atoms with Gasteiger partial charge in [-0.2, -0.15) is 0 Å². The zero-order valence-corrected chi connectivity index (χ0v) is 9.26. The number of ketones is 1. The molecule has 2 rings (SSSR count). The fourth-order valence-corrected chi connectivity index (χ4v) is 1.66. The van der Waals surface area contributed by atoms with Crippen LogP contribution in [0, 0.1) is 0 Å². The third kappa shape index (κ3) is 2.19. The monoisotopic (exact) mass is 214 g/mol. The number of carbonyl (C=O) groups is 1. The lowest BCUT2D eigenvalue weighted by Crippen LogP contribution is -2.09. The highest BCUT2D eigenvalue weighted by atomic mass is 16.1. The highest BCUT2D eigenvalue weighted by Crippen LogP contribution is 2.06. The minimum absolute atomic E-state index is 0.113.